The summed E-state index contributed by atoms with van der Waals surface area (Å²) in [6.45, 7) is 2.41. The first-order chi connectivity index (χ1) is 31.6. The molecule has 0 spiro atoms. The Morgan fingerprint density at radius 1 is 0.297 bits per heavy atom. The van der Waals surface area contributed by atoms with E-state index in [1.54, 1.807) is 0 Å². The van der Waals surface area contributed by atoms with Gasteiger partial charge in [0, 0.05) is 22.4 Å². The zero-order valence-corrected chi connectivity index (χ0v) is 35.7. The summed E-state index contributed by atoms with van der Waals surface area (Å²) in [5.74, 6) is 0. The quantitative estimate of drug-likeness (QED) is 0.148. The van der Waals surface area contributed by atoms with Gasteiger partial charge in [0.05, 0.1) is 11.1 Å². The first-order valence-electron chi connectivity index (χ1n) is 22.3. The standard InChI is InChI=1S/C63H45N/c1-62(48-21-8-3-9-22-48)56-29-16-14-27-53(56)54-42-41-52(43-59(54)62)64(51-39-37-47(38-40-51)46-35-33-45(34-36-46)44-19-6-2-7-20-44)60-32-18-31-58-61(60)55-28-15-17-30-57(55)63(58,49-23-10-4-11-24-49)50-25-12-5-13-26-50/h2-43H,1H3. The number of anilines is 3. The molecule has 0 bridgehead atoms. The van der Waals surface area contributed by atoms with Crippen molar-refractivity contribution in [2.45, 2.75) is 17.8 Å². The molecule has 0 saturated carbocycles. The van der Waals surface area contributed by atoms with Crippen molar-refractivity contribution in [3.8, 4) is 44.5 Å². The van der Waals surface area contributed by atoms with Crippen molar-refractivity contribution in [2.75, 3.05) is 4.90 Å². The summed E-state index contributed by atoms with van der Waals surface area (Å²) in [4.78, 5) is 2.51. The van der Waals surface area contributed by atoms with Crippen LogP contribution >= 0.6 is 0 Å². The maximum atomic E-state index is 2.51. The van der Waals surface area contributed by atoms with Gasteiger partial charge >= 0.3 is 0 Å². The van der Waals surface area contributed by atoms with Crippen molar-refractivity contribution >= 4 is 17.1 Å². The number of nitrogens with zero attached hydrogens (tertiary/aromatic N) is 1. The van der Waals surface area contributed by atoms with E-state index < -0.39 is 5.41 Å². The second-order valence-electron chi connectivity index (χ2n) is 17.3. The lowest BCUT2D eigenvalue weighted by Crippen LogP contribution is -2.28. The Balaban J connectivity index is 1.08. The molecule has 2 aliphatic carbocycles. The molecule has 0 radical (unpaired) electrons. The molecule has 0 heterocycles. The van der Waals surface area contributed by atoms with Gasteiger partial charge in [0.15, 0.2) is 0 Å². The zero-order chi connectivity index (χ0) is 42.7. The molecule has 1 nitrogen and oxygen atoms in total. The topological polar surface area (TPSA) is 3.24 Å². The Morgan fingerprint density at radius 2 is 0.734 bits per heavy atom. The van der Waals surface area contributed by atoms with Gasteiger partial charge in [-0.3, -0.25) is 0 Å². The van der Waals surface area contributed by atoms with Crippen molar-refractivity contribution in [3.05, 3.63) is 294 Å². The average molecular weight is 816 g/mol. The van der Waals surface area contributed by atoms with Crippen LogP contribution < -0.4 is 4.90 Å². The van der Waals surface area contributed by atoms with Gasteiger partial charge in [-0.15, -0.1) is 0 Å². The van der Waals surface area contributed by atoms with E-state index in [1.807, 2.05) is 0 Å². The Bertz CT molecular complexity index is 3260. The van der Waals surface area contributed by atoms with Crippen LogP contribution in [0.1, 0.15) is 45.9 Å². The van der Waals surface area contributed by atoms with Gasteiger partial charge in [0.1, 0.15) is 0 Å². The maximum absolute atomic E-state index is 2.51. The van der Waals surface area contributed by atoms with E-state index in [4.69, 9.17) is 0 Å². The van der Waals surface area contributed by atoms with Crippen molar-refractivity contribution in [1.29, 1.82) is 0 Å². The summed E-state index contributed by atoms with van der Waals surface area (Å²) < 4.78 is 0. The van der Waals surface area contributed by atoms with E-state index in [1.165, 1.54) is 83.5 Å². The second kappa shape index (κ2) is 15.1. The van der Waals surface area contributed by atoms with Gasteiger partial charge in [-0.05, 0) is 115 Å². The minimum Gasteiger partial charge on any atom is -0.310 e. The molecule has 0 fully saturated rings. The monoisotopic (exact) mass is 815 g/mol. The third kappa shape index (κ3) is 5.71. The molecule has 10 aromatic carbocycles. The third-order valence-corrected chi connectivity index (χ3v) is 14.1. The zero-order valence-electron chi connectivity index (χ0n) is 35.7. The number of benzene rings is 10. The SMILES string of the molecule is CC1(c2ccccc2)c2ccccc2-c2ccc(N(c3ccc(-c4ccc(-c5ccccc5)cc4)cc3)c3cccc4c3-c3ccccc3C4(c3ccccc3)c3ccccc3)cc21. The van der Waals surface area contributed by atoms with Crippen LogP contribution in [0, 0.1) is 0 Å². The van der Waals surface area contributed by atoms with Gasteiger partial charge in [-0.25, -0.2) is 0 Å². The normalized spacial score (nSPS) is 15.1. The van der Waals surface area contributed by atoms with E-state index in [9.17, 15) is 0 Å². The third-order valence-electron chi connectivity index (χ3n) is 14.1. The molecular weight excluding hydrogens is 771 g/mol. The molecule has 0 N–H and O–H groups in total. The molecular formula is C63H45N. The summed E-state index contributed by atoms with van der Waals surface area (Å²) in [6.07, 6.45) is 0. The maximum Gasteiger partial charge on any atom is 0.0714 e. The lowest BCUT2D eigenvalue weighted by molar-refractivity contribution is 0.714. The van der Waals surface area contributed by atoms with Gasteiger partial charge in [-0.1, -0.05) is 224 Å². The lowest BCUT2D eigenvalue weighted by atomic mass is 9.68. The smallest absolute Gasteiger partial charge is 0.0714 e. The Morgan fingerprint density at radius 3 is 1.34 bits per heavy atom. The molecule has 12 rings (SSSR count). The lowest BCUT2D eigenvalue weighted by Gasteiger charge is -2.34. The molecule has 0 aliphatic heterocycles. The molecule has 302 valence electrons. The van der Waals surface area contributed by atoms with Crippen molar-refractivity contribution in [1.82, 2.24) is 0 Å². The average Bonchev–Trinajstić information content (AvgIpc) is 3.83. The Hall–Kier alpha value is -8.00. The number of fused-ring (bicyclic) bond motifs is 6. The molecule has 64 heavy (non-hydrogen) atoms. The highest BCUT2D eigenvalue weighted by Gasteiger charge is 2.47. The molecule has 1 heteroatoms. The predicted octanol–water partition coefficient (Wildman–Crippen LogP) is 16.2. The first kappa shape index (κ1) is 37.7. The molecule has 1 unspecified atom stereocenters. The van der Waals surface area contributed by atoms with E-state index in [0.717, 1.165) is 17.1 Å². The second-order valence-corrected chi connectivity index (χ2v) is 17.3. The highest BCUT2D eigenvalue weighted by molar-refractivity contribution is 5.98. The van der Waals surface area contributed by atoms with E-state index in [2.05, 4.69) is 267 Å². The highest BCUT2D eigenvalue weighted by atomic mass is 15.1. The van der Waals surface area contributed by atoms with Gasteiger partial charge in [0.25, 0.3) is 0 Å². The van der Waals surface area contributed by atoms with E-state index in [-0.39, 0.29) is 5.41 Å². The van der Waals surface area contributed by atoms with Crippen molar-refractivity contribution in [3.63, 3.8) is 0 Å². The summed E-state index contributed by atoms with van der Waals surface area (Å²) in [6, 6.07) is 94.1. The van der Waals surface area contributed by atoms with Crippen LogP contribution in [-0.4, -0.2) is 0 Å². The summed E-state index contributed by atoms with van der Waals surface area (Å²) in [7, 11) is 0. The molecule has 0 saturated heterocycles. The van der Waals surface area contributed by atoms with Gasteiger partial charge in [-0.2, -0.15) is 0 Å². The van der Waals surface area contributed by atoms with Crippen molar-refractivity contribution in [2.24, 2.45) is 0 Å². The van der Waals surface area contributed by atoms with Crippen LogP contribution in [0.3, 0.4) is 0 Å². The van der Waals surface area contributed by atoms with Crippen LogP contribution in [0.5, 0.6) is 0 Å². The van der Waals surface area contributed by atoms with Crippen molar-refractivity contribution < 1.29 is 0 Å². The number of hydrogen-bond donors (Lipinski definition) is 0. The Labute approximate surface area is 376 Å². The fourth-order valence-electron chi connectivity index (χ4n) is 11.1. The number of rotatable bonds is 8. The minimum absolute atomic E-state index is 0.342. The van der Waals surface area contributed by atoms with Crippen LogP contribution in [0.2, 0.25) is 0 Å². The van der Waals surface area contributed by atoms with Gasteiger partial charge in [0.2, 0.25) is 0 Å². The summed E-state index contributed by atoms with van der Waals surface area (Å²) in [5.41, 5.74) is 21.5. The molecule has 0 amide bonds. The fourth-order valence-corrected chi connectivity index (χ4v) is 11.1. The minimum atomic E-state index is -0.517. The molecule has 0 aromatic heterocycles. The van der Waals surface area contributed by atoms with Crippen LogP contribution in [0.25, 0.3) is 44.5 Å². The molecule has 2 aliphatic rings. The van der Waals surface area contributed by atoms with Crippen LogP contribution in [-0.2, 0) is 10.8 Å². The van der Waals surface area contributed by atoms with Crippen LogP contribution in [0.4, 0.5) is 17.1 Å². The van der Waals surface area contributed by atoms with Crippen LogP contribution in [0.15, 0.2) is 255 Å². The highest BCUT2D eigenvalue weighted by Crippen LogP contribution is 2.60. The number of hydrogen-bond acceptors (Lipinski definition) is 1. The fraction of sp³-hybridized carbons (Fsp3) is 0.0476. The molecule has 10 aromatic rings. The van der Waals surface area contributed by atoms with Gasteiger partial charge < -0.3 is 4.90 Å². The summed E-state index contributed by atoms with van der Waals surface area (Å²) in [5, 5.41) is 0. The summed E-state index contributed by atoms with van der Waals surface area (Å²) >= 11 is 0. The largest absolute Gasteiger partial charge is 0.310 e. The van der Waals surface area contributed by atoms with E-state index >= 15 is 0 Å². The van der Waals surface area contributed by atoms with E-state index in [0.29, 0.717) is 0 Å². The molecule has 1 atom stereocenters. The predicted molar refractivity (Wildman–Crippen MR) is 267 cm³/mol. The first-order valence-corrected chi connectivity index (χ1v) is 22.3. The Kier molecular flexibility index (Phi) is 8.91.